The van der Waals surface area contributed by atoms with Gasteiger partial charge in [0.15, 0.2) is 5.60 Å². The molecule has 1 aromatic rings. The summed E-state index contributed by atoms with van der Waals surface area (Å²) in [6, 6.07) is 5.12. The topological polar surface area (TPSA) is 49.9 Å². The predicted octanol–water partition coefficient (Wildman–Crippen LogP) is 2.47. The number of likely N-dealkylation sites (tertiary alicyclic amines) is 1. The van der Waals surface area contributed by atoms with Crippen LogP contribution in [0.25, 0.3) is 0 Å². The molecule has 0 aliphatic carbocycles. The molecule has 0 aromatic heterocycles. The second-order valence-corrected chi connectivity index (χ2v) is 6.64. The van der Waals surface area contributed by atoms with Crippen molar-refractivity contribution in [3.63, 3.8) is 0 Å². The Morgan fingerprint density at radius 1 is 1.32 bits per heavy atom. The number of ether oxygens (including phenoxy) is 1. The first-order chi connectivity index (χ1) is 10.4. The van der Waals surface area contributed by atoms with E-state index in [2.05, 4.69) is 0 Å². The largest absolute Gasteiger partial charge is 0.476 e. The zero-order valence-corrected chi connectivity index (χ0v) is 13.5. The number of amides is 2. The van der Waals surface area contributed by atoms with E-state index in [9.17, 15) is 9.59 Å². The van der Waals surface area contributed by atoms with Crippen molar-refractivity contribution in [2.75, 3.05) is 24.5 Å². The molecule has 3 rings (SSSR count). The molecule has 1 fully saturated rings. The predicted molar refractivity (Wildman–Crippen MR) is 84.3 cm³/mol. The van der Waals surface area contributed by atoms with E-state index >= 15 is 0 Å². The van der Waals surface area contributed by atoms with Gasteiger partial charge in [-0.15, -0.1) is 0 Å². The SMILES string of the molecule is CC1(C)Oc2ccc(Cl)cc2N(CC(=O)N2CCCC2)C1=O. The lowest BCUT2D eigenvalue weighted by Crippen LogP contribution is -2.55. The van der Waals surface area contributed by atoms with Crippen LogP contribution in [0.5, 0.6) is 5.75 Å². The summed E-state index contributed by atoms with van der Waals surface area (Å²) in [7, 11) is 0. The molecule has 0 unspecified atom stereocenters. The Morgan fingerprint density at radius 3 is 2.68 bits per heavy atom. The Hall–Kier alpha value is -1.75. The first-order valence-corrected chi connectivity index (χ1v) is 7.84. The second-order valence-electron chi connectivity index (χ2n) is 6.20. The quantitative estimate of drug-likeness (QED) is 0.840. The van der Waals surface area contributed by atoms with Crippen LogP contribution in [0.3, 0.4) is 0 Å². The highest BCUT2D eigenvalue weighted by atomic mass is 35.5. The number of benzene rings is 1. The molecule has 6 heteroatoms. The van der Waals surface area contributed by atoms with Gasteiger partial charge in [0.2, 0.25) is 5.91 Å². The van der Waals surface area contributed by atoms with Gasteiger partial charge in [-0.05, 0) is 44.9 Å². The molecule has 22 heavy (non-hydrogen) atoms. The van der Waals surface area contributed by atoms with Gasteiger partial charge in [0.25, 0.3) is 5.91 Å². The summed E-state index contributed by atoms with van der Waals surface area (Å²) < 4.78 is 5.75. The molecule has 5 nitrogen and oxygen atoms in total. The molecular weight excluding hydrogens is 304 g/mol. The van der Waals surface area contributed by atoms with Crippen LogP contribution >= 0.6 is 11.6 Å². The summed E-state index contributed by atoms with van der Waals surface area (Å²) >= 11 is 6.04. The van der Waals surface area contributed by atoms with Crippen LogP contribution in [-0.2, 0) is 9.59 Å². The third-order valence-corrected chi connectivity index (χ3v) is 4.32. The van der Waals surface area contributed by atoms with Crippen molar-refractivity contribution >= 4 is 29.1 Å². The van der Waals surface area contributed by atoms with Crippen molar-refractivity contribution in [3.05, 3.63) is 23.2 Å². The summed E-state index contributed by atoms with van der Waals surface area (Å²) in [4.78, 5) is 28.4. The van der Waals surface area contributed by atoms with Gasteiger partial charge in [-0.3, -0.25) is 14.5 Å². The number of carbonyl (C=O) groups excluding carboxylic acids is 2. The van der Waals surface area contributed by atoms with Crippen molar-refractivity contribution in [1.29, 1.82) is 0 Å². The van der Waals surface area contributed by atoms with Crippen molar-refractivity contribution in [3.8, 4) is 5.75 Å². The maximum absolute atomic E-state index is 12.7. The van der Waals surface area contributed by atoms with Crippen molar-refractivity contribution in [2.24, 2.45) is 0 Å². The molecule has 0 spiro atoms. The van der Waals surface area contributed by atoms with Crippen LogP contribution in [0.2, 0.25) is 5.02 Å². The molecule has 0 N–H and O–H groups in total. The Kier molecular flexibility index (Phi) is 3.77. The molecule has 0 bridgehead atoms. The number of fused-ring (bicyclic) bond motifs is 1. The summed E-state index contributed by atoms with van der Waals surface area (Å²) in [5.74, 6) is 0.313. The third-order valence-electron chi connectivity index (χ3n) is 4.09. The number of halogens is 1. The number of hydrogen-bond acceptors (Lipinski definition) is 3. The highest BCUT2D eigenvalue weighted by Gasteiger charge is 2.42. The third kappa shape index (κ3) is 2.65. The Morgan fingerprint density at radius 2 is 2.00 bits per heavy atom. The van der Waals surface area contributed by atoms with Gasteiger partial charge in [0.1, 0.15) is 12.3 Å². The van der Waals surface area contributed by atoms with E-state index in [1.807, 2.05) is 0 Å². The average molecular weight is 323 g/mol. The standard InChI is InChI=1S/C16H19ClN2O3/c1-16(2)15(21)19(10-14(20)18-7-3-4-8-18)12-9-11(17)5-6-13(12)22-16/h5-6,9H,3-4,7-8,10H2,1-2H3. The Labute approximate surface area is 134 Å². The van der Waals surface area contributed by atoms with Gasteiger partial charge in [-0.2, -0.15) is 0 Å². The van der Waals surface area contributed by atoms with E-state index in [0.29, 0.717) is 16.5 Å². The molecule has 1 saturated heterocycles. The van der Waals surface area contributed by atoms with E-state index in [1.165, 1.54) is 4.90 Å². The highest BCUT2D eigenvalue weighted by molar-refractivity contribution is 6.31. The maximum atomic E-state index is 12.7. The molecule has 2 heterocycles. The molecule has 0 atom stereocenters. The zero-order valence-electron chi connectivity index (χ0n) is 12.8. The lowest BCUT2D eigenvalue weighted by molar-refractivity contribution is -0.136. The molecule has 2 aliphatic rings. The van der Waals surface area contributed by atoms with Crippen LogP contribution in [0, 0.1) is 0 Å². The van der Waals surface area contributed by atoms with Gasteiger partial charge in [0, 0.05) is 18.1 Å². The van der Waals surface area contributed by atoms with E-state index in [1.54, 1.807) is 36.9 Å². The van der Waals surface area contributed by atoms with E-state index in [0.717, 1.165) is 25.9 Å². The fraction of sp³-hybridized carbons (Fsp3) is 0.500. The summed E-state index contributed by atoms with van der Waals surface area (Å²) in [6.07, 6.45) is 2.05. The first-order valence-electron chi connectivity index (χ1n) is 7.47. The van der Waals surface area contributed by atoms with Crippen LogP contribution in [-0.4, -0.2) is 41.9 Å². The number of anilines is 1. The first kappa shape index (κ1) is 15.2. The summed E-state index contributed by atoms with van der Waals surface area (Å²) in [5.41, 5.74) is -0.434. The molecule has 1 aromatic carbocycles. The molecular formula is C16H19ClN2O3. The van der Waals surface area contributed by atoms with Crippen LogP contribution in [0.4, 0.5) is 5.69 Å². The molecule has 2 aliphatic heterocycles. The van der Waals surface area contributed by atoms with Crippen LogP contribution in [0.15, 0.2) is 18.2 Å². The summed E-state index contributed by atoms with van der Waals surface area (Å²) in [5, 5.41) is 0.508. The highest BCUT2D eigenvalue weighted by Crippen LogP contribution is 2.39. The molecule has 0 saturated carbocycles. The number of hydrogen-bond donors (Lipinski definition) is 0. The number of nitrogens with zero attached hydrogens (tertiary/aromatic N) is 2. The van der Waals surface area contributed by atoms with E-state index < -0.39 is 5.60 Å². The van der Waals surface area contributed by atoms with Crippen molar-refractivity contribution in [2.45, 2.75) is 32.3 Å². The van der Waals surface area contributed by atoms with E-state index in [-0.39, 0.29) is 18.4 Å². The maximum Gasteiger partial charge on any atom is 0.271 e. The Balaban J connectivity index is 1.92. The fourth-order valence-corrected chi connectivity index (χ4v) is 3.07. The monoisotopic (exact) mass is 322 g/mol. The van der Waals surface area contributed by atoms with E-state index in [4.69, 9.17) is 16.3 Å². The molecule has 2 amide bonds. The van der Waals surface area contributed by atoms with Crippen molar-refractivity contribution < 1.29 is 14.3 Å². The van der Waals surface area contributed by atoms with Crippen LogP contribution in [0.1, 0.15) is 26.7 Å². The minimum Gasteiger partial charge on any atom is -0.476 e. The number of carbonyl (C=O) groups is 2. The smallest absolute Gasteiger partial charge is 0.271 e. The lowest BCUT2D eigenvalue weighted by Gasteiger charge is -2.39. The van der Waals surface area contributed by atoms with Gasteiger partial charge in [-0.1, -0.05) is 11.6 Å². The second kappa shape index (κ2) is 5.47. The lowest BCUT2D eigenvalue weighted by atomic mass is 10.0. The minimum absolute atomic E-state index is 0.0268. The molecule has 0 radical (unpaired) electrons. The van der Waals surface area contributed by atoms with Gasteiger partial charge < -0.3 is 9.64 Å². The zero-order chi connectivity index (χ0) is 15.9. The van der Waals surface area contributed by atoms with Gasteiger partial charge in [0.05, 0.1) is 5.69 Å². The van der Waals surface area contributed by atoms with Gasteiger partial charge in [-0.25, -0.2) is 0 Å². The molecule has 118 valence electrons. The average Bonchev–Trinajstić information content (AvgIpc) is 2.99. The van der Waals surface area contributed by atoms with Crippen molar-refractivity contribution in [1.82, 2.24) is 4.90 Å². The minimum atomic E-state index is -0.994. The Bertz CT molecular complexity index is 624. The fourth-order valence-electron chi connectivity index (χ4n) is 2.90. The summed E-state index contributed by atoms with van der Waals surface area (Å²) in [6.45, 7) is 4.98. The number of rotatable bonds is 2. The van der Waals surface area contributed by atoms with Crippen LogP contribution < -0.4 is 9.64 Å². The normalized spacial score (nSPS) is 19.9. The van der Waals surface area contributed by atoms with Gasteiger partial charge >= 0.3 is 0 Å².